The summed E-state index contributed by atoms with van der Waals surface area (Å²) in [4.78, 5) is 4.56. The van der Waals surface area contributed by atoms with Gasteiger partial charge < -0.3 is 15.2 Å². The number of nitrogens with zero attached hydrogens (tertiary/aromatic N) is 1. The second-order valence-corrected chi connectivity index (χ2v) is 5.08. The van der Waals surface area contributed by atoms with E-state index in [9.17, 15) is 0 Å². The fourth-order valence-corrected chi connectivity index (χ4v) is 2.72. The van der Waals surface area contributed by atoms with Gasteiger partial charge in [-0.3, -0.25) is 0 Å². The zero-order valence-electron chi connectivity index (χ0n) is 11.2. The molecular weight excluding hydrogens is 260 g/mol. The number of ether oxygens (including phenoxy) is 2. The summed E-state index contributed by atoms with van der Waals surface area (Å²) in [6.45, 7) is 0.638. The molecule has 0 saturated carbocycles. The summed E-state index contributed by atoms with van der Waals surface area (Å²) in [5, 5.41) is 3.17. The van der Waals surface area contributed by atoms with Crippen molar-refractivity contribution in [2.45, 2.75) is 12.8 Å². The standard InChI is InChI=1S/C14H18N2O2S/c1-17-12-4-3-10(7-13(12)18-2)8-14-16-11(5-6-15)9-19-14/h3-4,7,9H,5-6,8,15H2,1-2H3. The average Bonchev–Trinajstić information content (AvgIpc) is 2.86. The molecule has 0 aliphatic rings. The number of aromatic nitrogens is 1. The summed E-state index contributed by atoms with van der Waals surface area (Å²) in [6, 6.07) is 5.94. The van der Waals surface area contributed by atoms with Crippen molar-refractivity contribution in [1.82, 2.24) is 4.98 Å². The van der Waals surface area contributed by atoms with E-state index in [-0.39, 0.29) is 0 Å². The minimum absolute atomic E-state index is 0.638. The van der Waals surface area contributed by atoms with Crippen LogP contribution in [0.25, 0.3) is 0 Å². The fraction of sp³-hybridized carbons (Fsp3) is 0.357. The van der Waals surface area contributed by atoms with Gasteiger partial charge in [-0.1, -0.05) is 6.07 Å². The quantitative estimate of drug-likeness (QED) is 0.880. The Morgan fingerprint density at radius 2 is 2.00 bits per heavy atom. The van der Waals surface area contributed by atoms with Gasteiger partial charge in [-0.05, 0) is 24.2 Å². The third kappa shape index (κ3) is 3.45. The Morgan fingerprint density at radius 1 is 1.21 bits per heavy atom. The van der Waals surface area contributed by atoms with Crippen LogP contribution in [0.5, 0.6) is 11.5 Å². The normalized spacial score (nSPS) is 10.5. The Kier molecular flexibility index (Phi) is 4.76. The maximum absolute atomic E-state index is 5.53. The smallest absolute Gasteiger partial charge is 0.160 e. The Labute approximate surface area is 117 Å². The first-order valence-corrected chi connectivity index (χ1v) is 6.99. The molecule has 1 aromatic carbocycles. The zero-order valence-corrected chi connectivity index (χ0v) is 12.0. The lowest BCUT2D eigenvalue weighted by Crippen LogP contribution is -2.03. The number of hydrogen-bond donors (Lipinski definition) is 1. The molecule has 19 heavy (non-hydrogen) atoms. The van der Waals surface area contributed by atoms with Gasteiger partial charge in [0.15, 0.2) is 11.5 Å². The van der Waals surface area contributed by atoms with Gasteiger partial charge in [0.05, 0.1) is 24.9 Å². The van der Waals surface area contributed by atoms with E-state index in [1.54, 1.807) is 25.6 Å². The molecule has 0 aliphatic carbocycles. The van der Waals surface area contributed by atoms with Crippen molar-refractivity contribution in [3.63, 3.8) is 0 Å². The predicted octanol–water partition coefficient (Wildman–Crippen LogP) is 2.25. The van der Waals surface area contributed by atoms with Crippen LogP contribution in [0, 0.1) is 0 Å². The van der Waals surface area contributed by atoms with E-state index < -0.39 is 0 Å². The molecule has 0 fully saturated rings. The van der Waals surface area contributed by atoms with Crippen LogP contribution >= 0.6 is 11.3 Å². The molecule has 2 rings (SSSR count). The highest BCUT2D eigenvalue weighted by molar-refractivity contribution is 7.09. The van der Waals surface area contributed by atoms with Gasteiger partial charge >= 0.3 is 0 Å². The molecule has 2 aromatic rings. The average molecular weight is 278 g/mol. The Bertz CT molecular complexity index is 540. The van der Waals surface area contributed by atoms with Gasteiger partial charge in [0.2, 0.25) is 0 Å². The van der Waals surface area contributed by atoms with E-state index in [1.807, 2.05) is 18.2 Å². The maximum Gasteiger partial charge on any atom is 0.160 e. The van der Waals surface area contributed by atoms with Crippen molar-refractivity contribution in [3.05, 3.63) is 39.8 Å². The molecule has 0 radical (unpaired) electrons. The molecule has 4 nitrogen and oxygen atoms in total. The monoisotopic (exact) mass is 278 g/mol. The number of nitrogens with two attached hydrogens (primary N) is 1. The summed E-state index contributed by atoms with van der Waals surface area (Å²) in [7, 11) is 3.28. The number of hydrogen-bond acceptors (Lipinski definition) is 5. The first-order chi connectivity index (χ1) is 9.26. The third-order valence-corrected chi connectivity index (χ3v) is 3.70. The number of thiazole rings is 1. The molecule has 1 aromatic heterocycles. The van der Waals surface area contributed by atoms with Crippen LogP contribution in [0.15, 0.2) is 23.6 Å². The highest BCUT2D eigenvalue weighted by Gasteiger charge is 2.07. The molecule has 0 amide bonds. The van der Waals surface area contributed by atoms with Gasteiger partial charge in [-0.2, -0.15) is 0 Å². The van der Waals surface area contributed by atoms with E-state index in [0.717, 1.165) is 40.6 Å². The van der Waals surface area contributed by atoms with Crippen molar-refractivity contribution in [2.75, 3.05) is 20.8 Å². The molecule has 5 heteroatoms. The van der Waals surface area contributed by atoms with E-state index in [4.69, 9.17) is 15.2 Å². The molecule has 2 N–H and O–H groups in total. The fourth-order valence-electron chi connectivity index (χ4n) is 1.86. The largest absolute Gasteiger partial charge is 0.493 e. The van der Waals surface area contributed by atoms with Gasteiger partial charge in [0, 0.05) is 18.2 Å². The Balaban J connectivity index is 2.13. The zero-order chi connectivity index (χ0) is 13.7. The van der Waals surface area contributed by atoms with Crippen LogP contribution in [0.4, 0.5) is 0 Å². The van der Waals surface area contributed by atoms with Gasteiger partial charge in [-0.15, -0.1) is 11.3 Å². The molecule has 0 aliphatic heterocycles. The molecule has 0 saturated heterocycles. The summed E-state index contributed by atoms with van der Waals surface area (Å²) in [5.41, 5.74) is 7.76. The second kappa shape index (κ2) is 6.54. The second-order valence-electron chi connectivity index (χ2n) is 4.14. The van der Waals surface area contributed by atoms with Crippen LogP contribution in [-0.4, -0.2) is 25.7 Å². The van der Waals surface area contributed by atoms with Crippen LogP contribution in [0.1, 0.15) is 16.3 Å². The molecule has 0 unspecified atom stereocenters. The predicted molar refractivity (Wildman–Crippen MR) is 77.2 cm³/mol. The molecule has 0 atom stereocenters. The summed E-state index contributed by atoms with van der Waals surface area (Å²) in [5.74, 6) is 1.49. The Hall–Kier alpha value is -1.59. The lowest BCUT2D eigenvalue weighted by atomic mass is 10.1. The van der Waals surface area contributed by atoms with Crippen LogP contribution in [0.3, 0.4) is 0 Å². The summed E-state index contributed by atoms with van der Waals surface area (Å²) in [6.07, 6.45) is 1.64. The van der Waals surface area contributed by atoms with Crippen LogP contribution in [0.2, 0.25) is 0 Å². The third-order valence-electron chi connectivity index (χ3n) is 2.80. The van der Waals surface area contributed by atoms with Crippen molar-refractivity contribution in [3.8, 4) is 11.5 Å². The molecular formula is C14H18N2O2S. The van der Waals surface area contributed by atoms with E-state index >= 15 is 0 Å². The number of benzene rings is 1. The highest BCUT2D eigenvalue weighted by Crippen LogP contribution is 2.28. The van der Waals surface area contributed by atoms with E-state index in [0.29, 0.717) is 6.54 Å². The Morgan fingerprint density at radius 3 is 2.68 bits per heavy atom. The molecule has 1 heterocycles. The molecule has 0 spiro atoms. The van der Waals surface area contributed by atoms with Crippen molar-refractivity contribution >= 4 is 11.3 Å². The van der Waals surface area contributed by atoms with Crippen LogP contribution in [-0.2, 0) is 12.8 Å². The van der Waals surface area contributed by atoms with Gasteiger partial charge in [0.1, 0.15) is 0 Å². The molecule has 0 bridgehead atoms. The van der Waals surface area contributed by atoms with E-state index in [1.165, 1.54) is 0 Å². The SMILES string of the molecule is COc1ccc(Cc2nc(CCN)cs2)cc1OC. The van der Waals surface area contributed by atoms with E-state index in [2.05, 4.69) is 10.4 Å². The molecule has 102 valence electrons. The minimum Gasteiger partial charge on any atom is -0.493 e. The topological polar surface area (TPSA) is 57.4 Å². The highest BCUT2D eigenvalue weighted by atomic mass is 32.1. The van der Waals surface area contributed by atoms with Crippen molar-refractivity contribution < 1.29 is 9.47 Å². The summed E-state index contributed by atoms with van der Waals surface area (Å²) >= 11 is 1.67. The van der Waals surface area contributed by atoms with Crippen LogP contribution < -0.4 is 15.2 Å². The number of rotatable bonds is 6. The first kappa shape index (κ1) is 13.8. The first-order valence-electron chi connectivity index (χ1n) is 6.11. The summed E-state index contributed by atoms with van der Waals surface area (Å²) < 4.78 is 10.5. The van der Waals surface area contributed by atoms with Crippen molar-refractivity contribution in [2.24, 2.45) is 5.73 Å². The minimum atomic E-state index is 0.638. The van der Waals surface area contributed by atoms with Gasteiger partial charge in [0.25, 0.3) is 0 Å². The van der Waals surface area contributed by atoms with Crippen molar-refractivity contribution in [1.29, 1.82) is 0 Å². The number of methoxy groups -OCH3 is 2. The lowest BCUT2D eigenvalue weighted by Gasteiger charge is -2.08. The van der Waals surface area contributed by atoms with Gasteiger partial charge in [-0.25, -0.2) is 4.98 Å². The lowest BCUT2D eigenvalue weighted by molar-refractivity contribution is 0.354. The maximum atomic E-state index is 5.53.